The van der Waals surface area contributed by atoms with Crippen molar-refractivity contribution in [2.75, 3.05) is 18.0 Å². The summed E-state index contributed by atoms with van der Waals surface area (Å²) in [6, 6.07) is 18.3. The van der Waals surface area contributed by atoms with E-state index in [2.05, 4.69) is 37.7 Å². The Labute approximate surface area is 167 Å². The summed E-state index contributed by atoms with van der Waals surface area (Å²) in [5.74, 6) is 0.741. The third kappa shape index (κ3) is 3.81. The number of hydrogen-bond acceptors (Lipinski definition) is 4. The number of anilines is 1. The summed E-state index contributed by atoms with van der Waals surface area (Å²) in [4.78, 5) is 2.45. The first-order chi connectivity index (χ1) is 13.0. The maximum atomic E-state index is 12.7. The quantitative estimate of drug-likeness (QED) is 0.618. The Morgan fingerprint density at radius 2 is 1.85 bits per heavy atom. The van der Waals surface area contributed by atoms with Gasteiger partial charge in [0.25, 0.3) is 0 Å². The molecule has 27 heavy (non-hydrogen) atoms. The van der Waals surface area contributed by atoms with Crippen LogP contribution in [0.2, 0.25) is 0 Å². The van der Waals surface area contributed by atoms with Gasteiger partial charge >= 0.3 is 0 Å². The van der Waals surface area contributed by atoms with E-state index in [-0.39, 0.29) is 17.5 Å². The molecule has 1 atom stereocenters. The molecule has 1 aliphatic heterocycles. The van der Waals surface area contributed by atoms with Gasteiger partial charge in [-0.05, 0) is 54.4 Å². The number of rotatable bonds is 6. The second kappa shape index (κ2) is 7.50. The van der Waals surface area contributed by atoms with Gasteiger partial charge in [0, 0.05) is 23.2 Å². The summed E-state index contributed by atoms with van der Waals surface area (Å²) in [6.45, 7) is 1.05. The predicted octanol–water partition coefficient (Wildman–Crippen LogP) is 4.12. The van der Waals surface area contributed by atoms with Crippen molar-refractivity contribution >= 4 is 31.6 Å². The SMILES string of the molecule is O=S(=O)(NC[C@@H](c1ccco1)N1CCc2ccccc21)c1ccc(Br)cc1. The van der Waals surface area contributed by atoms with Gasteiger partial charge in [-0.3, -0.25) is 0 Å². The zero-order valence-corrected chi connectivity index (χ0v) is 16.9. The number of fused-ring (bicyclic) bond motifs is 1. The fraction of sp³-hybridized carbons (Fsp3) is 0.200. The van der Waals surface area contributed by atoms with Gasteiger partial charge in [-0.15, -0.1) is 0 Å². The molecule has 0 radical (unpaired) electrons. The number of nitrogens with one attached hydrogen (secondary N) is 1. The van der Waals surface area contributed by atoms with Crippen molar-refractivity contribution in [3.8, 4) is 0 Å². The summed E-state index contributed by atoms with van der Waals surface area (Å²) >= 11 is 3.33. The monoisotopic (exact) mass is 446 g/mol. The molecule has 7 heteroatoms. The molecule has 0 saturated heterocycles. The van der Waals surface area contributed by atoms with Crippen LogP contribution in [0, 0.1) is 0 Å². The number of nitrogens with zero attached hydrogens (tertiary/aromatic N) is 1. The van der Waals surface area contributed by atoms with E-state index in [0.717, 1.165) is 28.9 Å². The maximum Gasteiger partial charge on any atom is 0.240 e. The molecular formula is C20H19BrN2O3S. The lowest BCUT2D eigenvalue weighted by Crippen LogP contribution is -2.37. The Kier molecular flexibility index (Phi) is 5.08. The van der Waals surface area contributed by atoms with Crippen molar-refractivity contribution in [2.45, 2.75) is 17.4 Å². The minimum atomic E-state index is -3.61. The van der Waals surface area contributed by atoms with Crippen molar-refractivity contribution in [3.63, 3.8) is 0 Å². The number of benzene rings is 2. The van der Waals surface area contributed by atoms with Gasteiger partial charge in [-0.2, -0.15) is 0 Å². The zero-order chi connectivity index (χ0) is 18.9. The number of hydrogen-bond donors (Lipinski definition) is 1. The average molecular weight is 447 g/mol. The van der Waals surface area contributed by atoms with Crippen molar-refractivity contribution in [3.05, 3.63) is 82.7 Å². The summed E-state index contributed by atoms with van der Waals surface area (Å²) in [6.07, 6.45) is 2.56. The topological polar surface area (TPSA) is 62.6 Å². The lowest BCUT2D eigenvalue weighted by atomic mass is 10.1. The molecule has 4 rings (SSSR count). The van der Waals surface area contributed by atoms with Gasteiger partial charge in [0.15, 0.2) is 0 Å². The van der Waals surface area contributed by atoms with Crippen LogP contribution in [-0.4, -0.2) is 21.5 Å². The molecule has 1 aromatic heterocycles. The third-order valence-corrected chi connectivity index (χ3v) is 6.73. The van der Waals surface area contributed by atoms with E-state index in [4.69, 9.17) is 4.42 Å². The molecule has 2 heterocycles. The number of sulfonamides is 1. The normalized spacial score (nSPS) is 14.9. The molecule has 0 bridgehead atoms. The second-order valence-corrected chi connectivity index (χ2v) is 9.09. The second-order valence-electron chi connectivity index (χ2n) is 6.41. The largest absolute Gasteiger partial charge is 0.467 e. The predicted molar refractivity (Wildman–Crippen MR) is 108 cm³/mol. The van der Waals surface area contributed by atoms with E-state index >= 15 is 0 Å². The van der Waals surface area contributed by atoms with Gasteiger partial charge in [0.05, 0.1) is 11.2 Å². The molecule has 5 nitrogen and oxygen atoms in total. The molecule has 0 spiro atoms. The lowest BCUT2D eigenvalue weighted by Gasteiger charge is -2.29. The highest BCUT2D eigenvalue weighted by atomic mass is 79.9. The Bertz CT molecular complexity index is 1020. The molecular weight excluding hydrogens is 428 g/mol. The molecule has 140 valence electrons. The number of furan rings is 1. The van der Waals surface area contributed by atoms with Gasteiger partial charge in [-0.25, -0.2) is 13.1 Å². The Hall–Kier alpha value is -2.09. The van der Waals surface area contributed by atoms with Crippen LogP contribution in [0.5, 0.6) is 0 Å². The summed E-state index contributed by atoms with van der Waals surface area (Å²) < 4.78 is 34.6. The first kappa shape index (κ1) is 18.3. The van der Waals surface area contributed by atoms with E-state index < -0.39 is 10.0 Å². The van der Waals surface area contributed by atoms with Crippen molar-refractivity contribution in [1.82, 2.24) is 4.72 Å². The summed E-state index contributed by atoms with van der Waals surface area (Å²) in [5, 5.41) is 0. The zero-order valence-electron chi connectivity index (χ0n) is 14.5. The van der Waals surface area contributed by atoms with Crippen LogP contribution in [0.25, 0.3) is 0 Å². The van der Waals surface area contributed by atoms with Crippen LogP contribution in [0.3, 0.4) is 0 Å². The Morgan fingerprint density at radius 3 is 2.59 bits per heavy atom. The highest BCUT2D eigenvalue weighted by molar-refractivity contribution is 9.10. The third-order valence-electron chi connectivity index (χ3n) is 4.76. The highest BCUT2D eigenvalue weighted by Gasteiger charge is 2.30. The van der Waals surface area contributed by atoms with E-state index in [9.17, 15) is 8.42 Å². The van der Waals surface area contributed by atoms with Crippen molar-refractivity contribution < 1.29 is 12.8 Å². The van der Waals surface area contributed by atoms with Crippen LogP contribution in [0.1, 0.15) is 17.4 Å². The molecule has 2 aromatic carbocycles. The molecule has 3 aromatic rings. The van der Waals surface area contributed by atoms with Crippen LogP contribution >= 0.6 is 15.9 Å². The van der Waals surface area contributed by atoms with Gasteiger partial charge in [0.1, 0.15) is 11.8 Å². The van der Waals surface area contributed by atoms with Crippen LogP contribution < -0.4 is 9.62 Å². The average Bonchev–Trinajstić information content (AvgIpc) is 3.33. The van der Waals surface area contributed by atoms with Crippen molar-refractivity contribution in [1.29, 1.82) is 0 Å². The first-order valence-electron chi connectivity index (χ1n) is 8.68. The fourth-order valence-electron chi connectivity index (χ4n) is 3.42. The molecule has 1 aliphatic rings. The van der Waals surface area contributed by atoms with Gasteiger partial charge < -0.3 is 9.32 Å². The van der Waals surface area contributed by atoms with E-state index in [1.165, 1.54) is 5.56 Å². The molecule has 0 fully saturated rings. The van der Waals surface area contributed by atoms with Crippen molar-refractivity contribution in [2.24, 2.45) is 0 Å². The van der Waals surface area contributed by atoms with Crippen LogP contribution in [0.15, 0.2) is 80.7 Å². The Morgan fingerprint density at radius 1 is 1.07 bits per heavy atom. The maximum absolute atomic E-state index is 12.7. The number of para-hydroxylation sites is 1. The van der Waals surface area contributed by atoms with E-state index in [1.807, 2.05) is 24.3 Å². The summed E-state index contributed by atoms with van der Waals surface area (Å²) in [5.41, 5.74) is 2.39. The fourth-order valence-corrected chi connectivity index (χ4v) is 4.72. The summed E-state index contributed by atoms with van der Waals surface area (Å²) in [7, 11) is -3.61. The molecule has 0 aliphatic carbocycles. The van der Waals surface area contributed by atoms with Crippen LogP contribution in [0.4, 0.5) is 5.69 Å². The molecule has 1 N–H and O–H groups in total. The van der Waals surface area contributed by atoms with Gasteiger partial charge in [-0.1, -0.05) is 34.1 Å². The van der Waals surface area contributed by atoms with Crippen LogP contribution in [-0.2, 0) is 16.4 Å². The smallest absolute Gasteiger partial charge is 0.240 e. The minimum Gasteiger partial charge on any atom is -0.467 e. The molecule has 0 amide bonds. The molecule has 0 unspecified atom stereocenters. The number of halogens is 1. The highest BCUT2D eigenvalue weighted by Crippen LogP contribution is 2.35. The standard InChI is InChI=1S/C20H19BrN2O3S/c21-16-7-9-17(10-8-16)27(24,25)22-14-19(20-6-3-13-26-20)23-12-11-15-4-1-2-5-18(15)23/h1-10,13,19,22H,11-12,14H2/t19-/m0/s1. The van der Waals surface area contributed by atoms with Gasteiger partial charge in [0.2, 0.25) is 10.0 Å². The van der Waals surface area contributed by atoms with E-state index in [0.29, 0.717) is 0 Å². The Balaban J connectivity index is 1.59. The van der Waals surface area contributed by atoms with E-state index in [1.54, 1.807) is 30.5 Å². The minimum absolute atomic E-state index is 0.214. The first-order valence-corrected chi connectivity index (χ1v) is 11.0. The lowest BCUT2D eigenvalue weighted by molar-refractivity contribution is 0.447. The molecule has 0 saturated carbocycles.